The molecular formula is C15H19N3O3S. The van der Waals surface area contributed by atoms with Crippen molar-refractivity contribution in [3.8, 4) is 5.88 Å². The lowest BCUT2D eigenvalue weighted by Crippen LogP contribution is -2.17. The van der Waals surface area contributed by atoms with Crippen LogP contribution in [0.15, 0.2) is 30.6 Å². The van der Waals surface area contributed by atoms with Crippen LogP contribution in [0.3, 0.4) is 0 Å². The molecule has 7 heteroatoms. The second kappa shape index (κ2) is 6.74. The Kier molecular flexibility index (Phi) is 4.97. The van der Waals surface area contributed by atoms with Crippen molar-refractivity contribution in [2.75, 3.05) is 11.3 Å². The second-order valence-electron chi connectivity index (χ2n) is 4.91. The molecule has 0 fully saturated rings. The number of ether oxygens (including phenoxy) is 1. The minimum atomic E-state index is -3.57. The third kappa shape index (κ3) is 4.17. The number of rotatable bonds is 6. The fourth-order valence-corrected chi connectivity index (χ4v) is 3.40. The van der Waals surface area contributed by atoms with Crippen LogP contribution >= 0.6 is 0 Å². The van der Waals surface area contributed by atoms with Crippen molar-refractivity contribution in [1.82, 2.24) is 9.97 Å². The van der Waals surface area contributed by atoms with Crippen LogP contribution in [0, 0.1) is 13.8 Å². The monoisotopic (exact) mass is 321 g/mol. The lowest BCUT2D eigenvalue weighted by molar-refractivity contribution is 0.326. The number of nitrogens with one attached hydrogen (secondary N) is 1. The van der Waals surface area contributed by atoms with Crippen molar-refractivity contribution >= 4 is 15.8 Å². The van der Waals surface area contributed by atoms with Gasteiger partial charge in [0.15, 0.2) is 5.82 Å². The number of nitrogens with zero attached hydrogens (tertiary/aromatic N) is 2. The van der Waals surface area contributed by atoms with E-state index in [9.17, 15) is 8.42 Å². The number of benzene rings is 1. The topological polar surface area (TPSA) is 81.2 Å². The standard InChI is InChI=1S/C15H19N3O3S/c1-4-21-15-9-16-8-14(17-15)18-22(19,20)10-13-11(2)6-5-7-12(13)3/h5-9H,4,10H2,1-3H3,(H,17,18). The number of aryl methyl sites for hydroxylation is 2. The van der Waals surface area contributed by atoms with E-state index < -0.39 is 10.0 Å². The molecule has 0 bridgehead atoms. The fraction of sp³-hybridized carbons (Fsp3) is 0.333. The van der Waals surface area contributed by atoms with E-state index in [1.54, 1.807) is 0 Å². The van der Waals surface area contributed by atoms with Gasteiger partial charge < -0.3 is 4.74 Å². The summed E-state index contributed by atoms with van der Waals surface area (Å²) in [6, 6.07) is 5.70. The summed E-state index contributed by atoms with van der Waals surface area (Å²) >= 11 is 0. The molecule has 6 nitrogen and oxygen atoms in total. The summed E-state index contributed by atoms with van der Waals surface area (Å²) in [5.41, 5.74) is 2.68. The number of aromatic nitrogens is 2. The van der Waals surface area contributed by atoms with Crippen molar-refractivity contribution in [2.24, 2.45) is 0 Å². The predicted octanol–water partition coefficient (Wildman–Crippen LogP) is 2.43. The second-order valence-corrected chi connectivity index (χ2v) is 6.63. The Morgan fingerprint density at radius 3 is 2.50 bits per heavy atom. The average Bonchev–Trinajstić information content (AvgIpc) is 2.43. The van der Waals surface area contributed by atoms with Crippen molar-refractivity contribution < 1.29 is 13.2 Å². The normalized spacial score (nSPS) is 11.2. The van der Waals surface area contributed by atoms with Gasteiger partial charge in [-0.25, -0.2) is 8.42 Å². The van der Waals surface area contributed by atoms with E-state index in [0.29, 0.717) is 6.61 Å². The maximum absolute atomic E-state index is 12.3. The molecule has 22 heavy (non-hydrogen) atoms. The summed E-state index contributed by atoms with van der Waals surface area (Å²) in [4.78, 5) is 7.97. The van der Waals surface area contributed by atoms with Crippen molar-refractivity contribution in [2.45, 2.75) is 26.5 Å². The maximum Gasteiger partial charge on any atom is 0.238 e. The van der Waals surface area contributed by atoms with Gasteiger partial charge in [-0.05, 0) is 37.5 Å². The number of sulfonamides is 1. The van der Waals surface area contributed by atoms with Crippen molar-refractivity contribution in [3.63, 3.8) is 0 Å². The molecular weight excluding hydrogens is 302 g/mol. The van der Waals surface area contributed by atoms with E-state index in [-0.39, 0.29) is 17.5 Å². The molecule has 0 aliphatic rings. The quantitative estimate of drug-likeness (QED) is 0.883. The van der Waals surface area contributed by atoms with E-state index in [4.69, 9.17) is 4.74 Å². The average molecular weight is 321 g/mol. The van der Waals surface area contributed by atoms with E-state index in [0.717, 1.165) is 16.7 Å². The van der Waals surface area contributed by atoms with Crippen LogP contribution in [0.4, 0.5) is 5.82 Å². The third-order valence-corrected chi connectivity index (χ3v) is 4.33. The van der Waals surface area contributed by atoms with Crippen LogP contribution in [0.2, 0.25) is 0 Å². The Hall–Kier alpha value is -2.15. The molecule has 0 unspecified atom stereocenters. The van der Waals surface area contributed by atoms with Gasteiger partial charge in [-0.1, -0.05) is 18.2 Å². The summed E-state index contributed by atoms with van der Waals surface area (Å²) in [7, 11) is -3.57. The summed E-state index contributed by atoms with van der Waals surface area (Å²) in [6.07, 6.45) is 2.79. The fourth-order valence-electron chi connectivity index (χ4n) is 2.08. The Bertz CT molecular complexity index is 740. The van der Waals surface area contributed by atoms with Gasteiger partial charge in [-0.15, -0.1) is 0 Å². The van der Waals surface area contributed by atoms with Crippen LogP contribution in [0.1, 0.15) is 23.6 Å². The van der Waals surface area contributed by atoms with Gasteiger partial charge in [-0.2, -0.15) is 4.98 Å². The zero-order valence-electron chi connectivity index (χ0n) is 12.8. The summed E-state index contributed by atoms with van der Waals surface area (Å²) in [5.74, 6) is 0.332. The molecule has 0 saturated carbocycles. The number of hydrogen-bond donors (Lipinski definition) is 1. The molecule has 0 radical (unpaired) electrons. The van der Waals surface area contributed by atoms with E-state index in [1.165, 1.54) is 12.4 Å². The minimum Gasteiger partial charge on any atom is -0.477 e. The molecule has 1 N–H and O–H groups in total. The van der Waals surface area contributed by atoms with Crippen molar-refractivity contribution in [3.05, 3.63) is 47.3 Å². The maximum atomic E-state index is 12.3. The molecule has 0 amide bonds. The van der Waals surface area contributed by atoms with Crippen LogP contribution in [0.5, 0.6) is 5.88 Å². The first-order valence-corrected chi connectivity index (χ1v) is 8.57. The lowest BCUT2D eigenvalue weighted by atomic mass is 10.1. The first-order chi connectivity index (χ1) is 10.4. The minimum absolute atomic E-state index is 0.105. The molecule has 0 spiro atoms. The van der Waals surface area contributed by atoms with Crippen LogP contribution < -0.4 is 9.46 Å². The smallest absolute Gasteiger partial charge is 0.238 e. The Morgan fingerprint density at radius 1 is 1.18 bits per heavy atom. The highest BCUT2D eigenvalue weighted by atomic mass is 32.2. The van der Waals surface area contributed by atoms with Gasteiger partial charge in [0.1, 0.15) is 0 Å². The highest BCUT2D eigenvalue weighted by Gasteiger charge is 2.16. The Labute approximate surface area is 130 Å². The molecule has 1 aromatic heterocycles. The molecule has 0 aliphatic heterocycles. The van der Waals surface area contributed by atoms with Gasteiger partial charge >= 0.3 is 0 Å². The first-order valence-electron chi connectivity index (χ1n) is 6.91. The highest BCUT2D eigenvalue weighted by molar-refractivity contribution is 7.91. The molecule has 2 rings (SSSR count). The third-order valence-electron chi connectivity index (χ3n) is 3.14. The summed E-state index contributed by atoms with van der Waals surface area (Å²) < 4.78 is 32.3. The first kappa shape index (κ1) is 16.2. The molecule has 1 aromatic carbocycles. The molecule has 0 saturated heterocycles. The SMILES string of the molecule is CCOc1cncc(NS(=O)(=O)Cc2c(C)cccc2C)n1. The van der Waals surface area contributed by atoms with E-state index in [2.05, 4.69) is 14.7 Å². The lowest BCUT2D eigenvalue weighted by Gasteiger charge is -2.12. The summed E-state index contributed by atoms with van der Waals surface area (Å²) in [6.45, 7) is 6.05. The highest BCUT2D eigenvalue weighted by Crippen LogP contribution is 2.18. The predicted molar refractivity (Wildman–Crippen MR) is 85.4 cm³/mol. The van der Waals surface area contributed by atoms with Gasteiger partial charge in [0.2, 0.25) is 15.9 Å². The van der Waals surface area contributed by atoms with Crippen LogP contribution in [0.25, 0.3) is 0 Å². The van der Waals surface area contributed by atoms with Crippen LogP contribution in [-0.4, -0.2) is 25.0 Å². The van der Waals surface area contributed by atoms with Gasteiger partial charge in [-0.3, -0.25) is 9.71 Å². The largest absolute Gasteiger partial charge is 0.477 e. The Balaban J connectivity index is 2.19. The van der Waals surface area contributed by atoms with Crippen molar-refractivity contribution in [1.29, 1.82) is 0 Å². The van der Waals surface area contributed by atoms with Gasteiger partial charge in [0.25, 0.3) is 0 Å². The van der Waals surface area contributed by atoms with E-state index >= 15 is 0 Å². The summed E-state index contributed by atoms with van der Waals surface area (Å²) in [5, 5.41) is 0. The number of hydrogen-bond acceptors (Lipinski definition) is 5. The van der Waals surface area contributed by atoms with Crippen LogP contribution in [-0.2, 0) is 15.8 Å². The van der Waals surface area contributed by atoms with Gasteiger partial charge in [0.05, 0.1) is 24.8 Å². The molecule has 2 aromatic rings. The zero-order valence-corrected chi connectivity index (χ0v) is 13.6. The molecule has 0 aliphatic carbocycles. The Morgan fingerprint density at radius 2 is 1.86 bits per heavy atom. The molecule has 1 heterocycles. The molecule has 118 valence electrons. The van der Waals surface area contributed by atoms with Gasteiger partial charge in [0, 0.05) is 0 Å². The van der Waals surface area contributed by atoms with E-state index in [1.807, 2.05) is 39.0 Å². The number of anilines is 1. The zero-order chi connectivity index (χ0) is 16.2. The molecule has 0 atom stereocenters.